The van der Waals surface area contributed by atoms with Crippen LogP contribution in [0.3, 0.4) is 0 Å². The van der Waals surface area contributed by atoms with Gasteiger partial charge in [-0.25, -0.2) is 14.8 Å². The van der Waals surface area contributed by atoms with E-state index in [2.05, 4.69) is 32.5 Å². The van der Waals surface area contributed by atoms with Gasteiger partial charge in [0.1, 0.15) is 5.82 Å². The summed E-state index contributed by atoms with van der Waals surface area (Å²) >= 11 is 0. The molecule has 1 aromatic carbocycles. The summed E-state index contributed by atoms with van der Waals surface area (Å²) < 4.78 is 3.55. The Morgan fingerprint density at radius 1 is 1.06 bits per heavy atom. The molecule has 35 heavy (non-hydrogen) atoms. The molecule has 4 heterocycles. The van der Waals surface area contributed by atoms with E-state index >= 15 is 0 Å². The lowest BCUT2D eigenvalue weighted by molar-refractivity contribution is 0.191. The van der Waals surface area contributed by atoms with Crippen molar-refractivity contribution in [3.63, 3.8) is 0 Å². The van der Waals surface area contributed by atoms with Crippen LogP contribution in [0.1, 0.15) is 12.8 Å². The number of piperidine rings is 1. The van der Waals surface area contributed by atoms with Crippen molar-refractivity contribution < 1.29 is 9.90 Å². The van der Waals surface area contributed by atoms with Crippen LogP contribution in [0.5, 0.6) is 0 Å². The van der Waals surface area contributed by atoms with Crippen LogP contribution in [-0.2, 0) is 14.1 Å². The number of nitrogens with zero attached hydrogens (tertiary/aromatic N) is 7. The molecule has 180 valence electrons. The molecule has 2 N–H and O–H groups in total. The zero-order valence-electron chi connectivity index (χ0n) is 19.8. The Kier molecular flexibility index (Phi) is 6.17. The third kappa shape index (κ3) is 5.01. The molecule has 1 fully saturated rings. The smallest absolute Gasteiger partial charge is 0.404 e. The van der Waals surface area contributed by atoms with Gasteiger partial charge in [-0.1, -0.05) is 18.2 Å². The van der Waals surface area contributed by atoms with Crippen molar-refractivity contribution in [3.8, 4) is 33.6 Å². The maximum atomic E-state index is 11.0. The number of hydrogen-bond acceptors (Lipinski definition) is 6. The molecule has 10 nitrogen and oxygen atoms in total. The van der Waals surface area contributed by atoms with Crippen molar-refractivity contribution in [2.75, 3.05) is 24.5 Å². The third-order valence-electron chi connectivity index (χ3n) is 6.30. The molecule has 0 saturated carbocycles. The van der Waals surface area contributed by atoms with Crippen LogP contribution in [-0.4, -0.2) is 60.4 Å². The van der Waals surface area contributed by atoms with Gasteiger partial charge in [-0.2, -0.15) is 10.2 Å². The molecule has 3 aromatic heterocycles. The number of aromatic nitrogens is 6. The van der Waals surface area contributed by atoms with Crippen LogP contribution in [0.4, 0.5) is 10.6 Å². The van der Waals surface area contributed by atoms with Crippen molar-refractivity contribution in [1.29, 1.82) is 0 Å². The van der Waals surface area contributed by atoms with Gasteiger partial charge in [-0.3, -0.25) is 9.36 Å². The Hall–Kier alpha value is -4.21. The molecular formula is C25H28N8O2. The predicted molar refractivity (Wildman–Crippen MR) is 133 cm³/mol. The Labute approximate surface area is 203 Å². The second-order valence-electron chi connectivity index (χ2n) is 8.96. The van der Waals surface area contributed by atoms with E-state index in [1.54, 1.807) is 9.36 Å². The maximum Gasteiger partial charge on any atom is 0.404 e. The van der Waals surface area contributed by atoms with E-state index in [-0.39, 0.29) is 5.92 Å². The van der Waals surface area contributed by atoms with Crippen LogP contribution < -0.4 is 10.2 Å². The Morgan fingerprint density at radius 2 is 1.80 bits per heavy atom. The molecule has 5 rings (SSSR count). The molecule has 4 aromatic rings. The molecule has 0 aliphatic carbocycles. The fourth-order valence-corrected chi connectivity index (χ4v) is 4.58. The minimum absolute atomic E-state index is 0.217. The van der Waals surface area contributed by atoms with Gasteiger partial charge in [-0.15, -0.1) is 0 Å². The fraction of sp³-hybridized carbons (Fsp3) is 0.320. The zero-order chi connectivity index (χ0) is 24.4. The van der Waals surface area contributed by atoms with Crippen LogP contribution in [0.2, 0.25) is 0 Å². The number of hydrogen-bond donors (Lipinski definition) is 2. The average molecular weight is 473 g/mol. The molecule has 1 atom stereocenters. The van der Waals surface area contributed by atoms with Gasteiger partial charge in [-0.05, 0) is 30.4 Å². The highest BCUT2D eigenvalue weighted by molar-refractivity contribution is 5.77. The van der Waals surface area contributed by atoms with Crippen molar-refractivity contribution in [2.24, 2.45) is 20.0 Å². The summed E-state index contributed by atoms with van der Waals surface area (Å²) in [5.41, 5.74) is 4.87. The van der Waals surface area contributed by atoms with E-state index in [0.29, 0.717) is 12.4 Å². The van der Waals surface area contributed by atoms with Gasteiger partial charge < -0.3 is 15.3 Å². The van der Waals surface area contributed by atoms with Gasteiger partial charge in [0, 0.05) is 74.6 Å². The second kappa shape index (κ2) is 9.57. The molecule has 1 unspecified atom stereocenters. The number of nitrogens with one attached hydrogen (secondary N) is 1. The minimum atomic E-state index is -0.990. The third-order valence-corrected chi connectivity index (χ3v) is 6.30. The number of aryl methyl sites for hydroxylation is 2. The molecule has 0 radical (unpaired) electrons. The van der Waals surface area contributed by atoms with E-state index in [1.165, 1.54) is 0 Å². The molecule has 1 amide bonds. The number of rotatable bonds is 6. The SMILES string of the molecule is Cn1cc(-c2cccc(-c3ncc(-c4cnn(C)c4)c(N4CCCC(CNC(=O)O)C4)n3)c2)cn1. The summed E-state index contributed by atoms with van der Waals surface area (Å²) in [6.07, 6.45) is 10.4. The Balaban J connectivity index is 1.52. The molecule has 0 bridgehead atoms. The normalized spacial score (nSPS) is 15.8. The lowest BCUT2D eigenvalue weighted by atomic mass is 9.97. The lowest BCUT2D eigenvalue weighted by Gasteiger charge is -2.34. The molecule has 1 saturated heterocycles. The van der Waals surface area contributed by atoms with E-state index < -0.39 is 6.09 Å². The van der Waals surface area contributed by atoms with Crippen molar-refractivity contribution in [3.05, 3.63) is 55.2 Å². The first kappa shape index (κ1) is 22.6. The van der Waals surface area contributed by atoms with Gasteiger partial charge in [0.05, 0.1) is 12.4 Å². The summed E-state index contributed by atoms with van der Waals surface area (Å²) in [6, 6.07) is 8.15. The Morgan fingerprint density at radius 3 is 2.51 bits per heavy atom. The Bertz CT molecular complexity index is 1340. The number of amides is 1. The highest BCUT2D eigenvalue weighted by Crippen LogP contribution is 2.33. The molecule has 0 spiro atoms. The van der Waals surface area contributed by atoms with E-state index in [9.17, 15) is 4.79 Å². The standard InChI is InChI=1S/C25H28N8O2/c1-31-15-20(11-28-31)18-6-3-7-19(9-18)23-26-13-22(21-12-29-32(2)16-21)24(30-23)33-8-4-5-17(14-33)10-27-25(34)35/h3,6-7,9,11-13,15-17,27H,4-5,8,10,14H2,1-2H3,(H,34,35). The summed E-state index contributed by atoms with van der Waals surface area (Å²) in [5.74, 6) is 1.70. The first-order valence-electron chi connectivity index (χ1n) is 11.6. The molecule has 1 aliphatic heterocycles. The quantitative estimate of drug-likeness (QED) is 0.442. The van der Waals surface area contributed by atoms with Crippen LogP contribution in [0, 0.1) is 5.92 Å². The van der Waals surface area contributed by atoms with Gasteiger partial charge in [0.2, 0.25) is 0 Å². The summed E-state index contributed by atoms with van der Waals surface area (Å²) in [4.78, 5) is 23.0. The maximum absolute atomic E-state index is 11.0. The van der Waals surface area contributed by atoms with Crippen molar-refractivity contribution >= 4 is 11.9 Å². The number of carboxylic acid groups (broad SMARTS) is 1. The average Bonchev–Trinajstić information content (AvgIpc) is 3.51. The zero-order valence-corrected chi connectivity index (χ0v) is 19.8. The van der Waals surface area contributed by atoms with Crippen LogP contribution in [0.25, 0.3) is 33.6 Å². The number of carbonyl (C=O) groups is 1. The highest BCUT2D eigenvalue weighted by atomic mass is 16.4. The second-order valence-corrected chi connectivity index (χ2v) is 8.96. The van der Waals surface area contributed by atoms with E-state index in [1.807, 2.05) is 57.2 Å². The summed E-state index contributed by atoms with van der Waals surface area (Å²) in [5, 5.41) is 20.2. The highest BCUT2D eigenvalue weighted by Gasteiger charge is 2.25. The van der Waals surface area contributed by atoms with Crippen molar-refractivity contribution in [1.82, 2.24) is 34.8 Å². The van der Waals surface area contributed by atoms with E-state index in [4.69, 9.17) is 15.1 Å². The summed E-state index contributed by atoms with van der Waals surface area (Å²) in [7, 11) is 3.79. The van der Waals surface area contributed by atoms with E-state index in [0.717, 1.165) is 59.6 Å². The molecule has 10 heteroatoms. The van der Waals surface area contributed by atoms with Crippen LogP contribution in [0.15, 0.2) is 55.2 Å². The topological polar surface area (TPSA) is 114 Å². The number of anilines is 1. The van der Waals surface area contributed by atoms with Gasteiger partial charge >= 0.3 is 6.09 Å². The minimum Gasteiger partial charge on any atom is -0.465 e. The first-order chi connectivity index (χ1) is 17.0. The van der Waals surface area contributed by atoms with Crippen LogP contribution >= 0.6 is 0 Å². The number of benzene rings is 1. The monoisotopic (exact) mass is 472 g/mol. The van der Waals surface area contributed by atoms with Gasteiger partial charge in [0.15, 0.2) is 5.82 Å². The van der Waals surface area contributed by atoms with Gasteiger partial charge in [0.25, 0.3) is 0 Å². The molecule has 1 aliphatic rings. The van der Waals surface area contributed by atoms with Crippen molar-refractivity contribution in [2.45, 2.75) is 12.8 Å². The summed E-state index contributed by atoms with van der Waals surface area (Å²) in [6.45, 7) is 2.00. The molecular weight excluding hydrogens is 444 g/mol. The first-order valence-corrected chi connectivity index (χ1v) is 11.6. The predicted octanol–water partition coefficient (Wildman–Crippen LogP) is 3.43. The lowest BCUT2D eigenvalue weighted by Crippen LogP contribution is -2.41. The fourth-order valence-electron chi connectivity index (χ4n) is 4.58. The largest absolute Gasteiger partial charge is 0.465 e.